The minimum absolute atomic E-state index is 0.0353. The topological polar surface area (TPSA) is 32.3 Å². The van der Waals surface area contributed by atoms with E-state index < -0.39 is 0 Å². The maximum absolute atomic E-state index is 11.9. The molecule has 0 unspecified atom stereocenters. The first-order valence-corrected chi connectivity index (χ1v) is 5.24. The van der Waals surface area contributed by atoms with Crippen LogP contribution in [0.3, 0.4) is 0 Å². The second-order valence-corrected chi connectivity index (χ2v) is 4.15. The zero-order chi connectivity index (χ0) is 10.6. The Morgan fingerprint density at radius 3 is 2.79 bits per heavy atom. The summed E-state index contributed by atoms with van der Waals surface area (Å²) in [6.07, 6.45) is 3.32. The number of carbonyl (C=O) groups excluding carboxylic acids is 1. The smallest absolute Gasteiger partial charge is 0.239 e. The lowest BCUT2D eigenvalue weighted by Crippen LogP contribution is -2.47. The van der Waals surface area contributed by atoms with Crippen molar-refractivity contribution in [1.82, 2.24) is 10.2 Å². The summed E-state index contributed by atoms with van der Waals surface area (Å²) in [6, 6.07) is 0.0353. The van der Waals surface area contributed by atoms with Crippen LogP contribution >= 0.6 is 0 Å². The fraction of sp³-hybridized carbons (Fsp3) is 0.727. The quantitative estimate of drug-likeness (QED) is 0.687. The highest BCUT2D eigenvalue weighted by atomic mass is 16.2. The average Bonchev–Trinajstić information content (AvgIpc) is 2.17. The van der Waals surface area contributed by atoms with E-state index in [1.165, 1.54) is 6.42 Å². The number of rotatable bonds is 3. The normalized spacial score (nSPS) is 21.7. The highest BCUT2D eigenvalue weighted by molar-refractivity contribution is 5.81. The van der Waals surface area contributed by atoms with E-state index >= 15 is 0 Å². The van der Waals surface area contributed by atoms with Gasteiger partial charge >= 0.3 is 0 Å². The standard InChI is InChI=1S/C11H20N2O/c1-9(2)8-13(3)11(14)10-6-4-5-7-12-10/h10,12H,1,4-8H2,2-3H3/t10-/m0/s1. The molecule has 0 saturated carbocycles. The van der Waals surface area contributed by atoms with Crippen LogP contribution in [0.1, 0.15) is 26.2 Å². The second kappa shape index (κ2) is 5.15. The van der Waals surface area contributed by atoms with Crippen LogP contribution < -0.4 is 5.32 Å². The maximum atomic E-state index is 11.9. The van der Waals surface area contributed by atoms with Crippen LogP contribution in [0, 0.1) is 0 Å². The third-order valence-corrected chi connectivity index (χ3v) is 2.49. The highest BCUT2D eigenvalue weighted by Gasteiger charge is 2.23. The minimum Gasteiger partial charge on any atom is -0.340 e. The van der Waals surface area contributed by atoms with Gasteiger partial charge in [-0.2, -0.15) is 0 Å². The number of likely N-dealkylation sites (N-methyl/N-ethyl adjacent to an activating group) is 1. The molecule has 1 N–H and O–H groups in total. The molecule has 14 heavy (non-hydrogen) atoms. The zero-order valence-electron chi connectivity index (χ0n) is 9.18. The first kappa shape index (κ1) is 11.2. The molecule has 3 heteroatoms. The average molecular weight is 196 g/mol. The van der Waals surface area contributed by atoms with E-state index in [1.807, 2.05) is 14.0 Å². The van der Waals surface area contributed by atoms with Gasteiger partial charge in [-0.25, -0.2) is 0 Å². The Morgan fingerprint density at radius 1 is 1.57 bits per heavy atom. The Balaban J connectivity index is 2.42. The van der Waals surface area contributed by atoms with Crippen molar-refractivity contribution in [3.8, 4) is 0 Å². The molecule has 0 aromatic carbocycles. The van der Waals surface area contributed by atoms with Gasteiger partial charge < -0.3 is 10.2 Å². The summed E-state index contributed by atoms with van der Waals surface area (Å²) in [7, 11) is 1.84. The van der Waals surface area contributed by atoms with E-state index in [0.717, 1.165) is 25.0 Å². The van der Waals surface area contributed by atoms with E-state index in [1.54, 1.807) is 4.90 Å². The van der Waals surface area contributed by atoms with Crippen molar-refractivity contribution in [3.63, 3.8) is 0 Å². The van der Waals surface area contributed by atoms with Crippen molar-refractivity contribution in [2.45, 2.75) is 32.2 Å². The molecule has 1 amide bonds. The zero-order valence-corrected chi connectivity index (χ0v) is 9.18. The lowest BCUT2D eigenvalue weighted by molar-refractivity contribution is -0.132. The van der Waals surface area contributed by atoms with Gasteiger partial charge in [0, 0.05) is 13.6 Å². The van der Waals surface area contributed by atoms with Crippen LogP contribution in [0.25, 0.3) is 0 Å². The molecule has 1 saturated heterocycles. The predicted octanol–water partition coefficient (Wildman–Crippen LogP) is 1.16. The van der Waals surface area contributed by atoms with Gasteiger partial charge in [-0.15, -0.1) is 0 Å². The number of nitrogens with one attached hydrogen (secondary N) is 1. The fourth-order valence-corrected chi connectivity index (χ4v) is 1.81. The minimum atomic E-state index is 0.0353. The van der Waals surface area contributed by atoms with Gasteiger partial charge in [0.2, 0.25) is 5.91 Å². The van der Waals surface area contributed by atoms with Gasteiger partial charge in [-0.05, 0) is 26.3 Å². The molecule has 1 aliphatic rings. The van der Waals surface area contributed by atoms with Crippen molar-refractivity contribution >= 4 is 5.91 Å². The highest BCUT2D eigenvalue weighted by Crippen LogP contribution is 2.09. The molecule has 0 spiro atoms. The Kier molecular flexibility index (Phi) is 4.14. The van der Waals surface area contributed by atoms with Gasteiger partial charge in [0.1, 0.15) is 0 Å². The summed E-state index contributed by atoms with van der Waals surface area (Å²) < 4.78 is 0. The van der Waals surface area contributed by atoms with Crippen molar-refractivity contribution < 1.29 is 4.79 Å². The van der Waals surface area contributed by atoms with E-state index in [-0.39, 0.29) is 11.9 Å². The van der Waals surface area contributed by atoms with Gasteiger partial charge in [0.15, 0.2) is 0 Å². The molecular weight excluding hydrogens is 176 g/mol. The second-order valence-electron chi connectivity index (χ2n) is 4.15. The van der Waals surface area contributed by atoms with Crippen molar-refractivity contribution in [2.75, 3.05) is 20.1 Å². The molecule has 1 fully saturated rings. The largest absolute Gasteiger partial charge is 0.340 e. The van der Waals surface area contributed by atoms with Crippen LogP contribution in [0.2, 0.25) is 0 Å². The first-order valence-electron chi connectivity index (χ1n) is 5.24. The molecule has 0 radical (unpaired) electrons. The van der Waals surface area contributed by atoms with E-state index in [0.29, 0.717) is 6.54 Å². The summed E-state index contributed by atoms with van der Waals surface area (Å²) in [5.74, 6) is 0.202. The lowest BCUT2D eigenvalue weighted by atomic mass is 10.0. The molecule has 0 bridgehead atoms. The molecule has 0 aromatic heterocycles. The molecule has 80 valence electrons. The summed E-state index contributed by atoms with van der Waals surface area (Å²) in [5.41, 5.74) is 1.02. The van der Waals surface area contributed by atoms with Crippen LogP contribution in [0.5, 0.6) is 0 Å². The molecule has 1 rings (SSSR count). The Hall–Kier alpha value is -0.830. The Bertz CT molecular complexity index is 219. The monoisotopic (exact) mass is 196 g/mol. The number of nitrogens with zero attached hydrogens (tertiary/aromatic N) is 1. The molecular formula is C11H20N2O. The molecule has 1 aliphatic heterocycles. The molecule has 1 heterocycles. The summed E-state index contributed by atoms with van der Waals surface area (Å²) in [5, 5.41) is 3.25. The summed E-state index contributed by atoms with van der Waals surface area (Å²) in [6.45, 7) is 7.38. The molecule has 3 nitrogen and oxygen atoms in total. The van der Waals surface area contributed by atoms with Crippen LogP contribution in [0.4, 0.5) is 0 Å². The van der Waals surface area contributed by atoms with Crippen LogP contribution in [-0.4, -0.2) is 37.0 Å². The summed E-state index contributed by atoms with van der Waals surface area (Å²) >= 11 is 0. The van der Waals surface area contributed by atoms with E-state index in [4.69, 9.17) is 0 Å². The van der Waals surface area contributed by atoms with E-state index in [9.17, 15) is 4.79 Å². The van der Waals surface area contributed by atoms with Crippen molar-refractivity contribution in [1.29, 1.82) is 0 Å². The Morgan fingerprint density at radius 2 is 2.29 bits per heavy atom. The van der Waals surface area contributed by atoms with Crippen molar-refractivity contribution in [2.24, 2.45) is 0 Å². The lowest BCUT2D eigenvalue weighted by Gasteiger charge is -2.27. The predicted molar refractivity (Wildman–Crippen MR) is 58.1 cm³/mol. The van der Waals surface area contributed by atoms with Gasteiger partial charge in [-0.3, -0.25) is 4.79 Å². The number of piperidine rings is 1. The fourth-order valence-electron chi connectivity index (χ4n) is 1.81. The third-order valence-electron chi connectivity index (χ3n) is 2.49. The number of carbonyl (C=O) groups is 1. The molecule has 0 aromatic rings. The number of amides is 1. The molecule has 0 aliphatic carbocycles. The maximum Gasteiger partial charge on any atom is 0.239 e. The van der Waals surface area contributed by atoms with E-state index in [2.05, 4.69) is 11.9 Å². The van der Waals surface area contributed by atoms with Crippen LogP contribution in [-0.2, 0) is 4.79 Å². The van der Waals surface area contributed by atoms with Crippen LogP contribution in [0.15, 0.2) is 12.2 Å². The Labute approximate surface area is 86.2 Å². The SMILES string of the molecule is C=C(C)CN(C)C(=O)[C@@H]1CCCCN1. The number of hydrogen-bond donors (Lipinski definition) is 1. The summed E-state index contributed by atoms with van der Waals surface area (Å²) in [4.78, 5) is 13.6. The number of hydrogen-bond acceptors (Lipinski definition) is 2. The first-order chi connectivity index (χ1) is 6.61. The third kappa shape index (κ3) is 3.14. The molecule has 1 atom stereocenters. The van der Waals surface area contributed by atoms with Crippen molar-refractivity contribution in [3.05, 3.63) is 12.2 Å². The van der Waals surface area contributed by atoms with Gasteiger partial charge in [0.25, 0.3) is 0 Å². The van der Waals surface area contributed by atoms with Gasteiger partial charge in [0.05, 0.1) is 6.04 Å². The van der Waals surface area contributed by atoms with Gasteiger partial charge in [-0.1, -0.05) is 18.6 Å².